The Morgan fingerprint density at radius 1 is 1.21 bits per heavy atom. The van der Waals surface area contributed by atoms with Crippen LogP contribution in [0.2, 0.25) is 0 Å². The number of amides is 1. The van der Waals surface area contributed by atoms with Crippen LogP contribution >= 0.6 is 11.3 Å². The van der Waals surface area contributed by atoms with Crippen molar-refractivity contribution in [2.24, 2.45) is 5.92 Å². The summed E-state index contributed by atoms with van der Waals surface area (Å²) in [6, 6.07) is 3.70. The Labute approximate surface area is 198 Å². The normalized spacial score (nSPS) is 21.1. The van der Waals surface area contributed by atoms with Crippen molar-refractivity contribution in [1.82, 2.24) is 27.9 Å². The van der Waals surface area contributed by atoms with Crippen molar-refractivity contribution >= 4 is 27.5 Å². The van der Waals surface area contributed by atoms with Crippen LogP contribution in [-0.4, -0.2) is 82.5 Å². The van der Waals surface area contributed by atoms with Crippen molar-refractivity contribution in [2.75, 3.05) is 40.3 Å². The van der Waals surface area contributed by atoms with Gasteiger partial charge >= 0.3 is 5.69 Å². The van der Waals surface area contributed by atoms with Crippen LogP contribution in [0.25, 0.3) is 5.00 Å². The van der Waals surface area contributed by atoms with Gasteiger partial charge in [-0.3, -0.25) is 4.79 Å². The molecular formula is C21H32N6O4S2. The lowest BCUT2D eigenvalue weighted by atomic mass is 9.99. The summed E-state index contributed by atoms with van der Waals surface area (Å²) in [6.07, 6.45) is 3.33. The Balaban J connectivity index is 1.64. The lowest BCUT2D eigenvalue weighted by Gasteiger charge is -2.33. The molecule has 0 aliphatic carbocycles. The summed E-state index contributed by atoms with van der Waals surface area (Å²) < 4.78 is 30.9. The number of hydrogen-bond acceptors (Lipinski definition) is 6. The summed E-state index contributed by atoms with van der Waals surface area (Å²) in [5.74, 6) is 0.776. The maximum absolute atomic E-state index is 13.3. The van der Waals surface area contributed by atoms with Gasteiger partial charge in [-0.2, -0.15) is 22.1 Å². The maximum Gasteiger partial charge on any atom is 0.351 e. The molecule has 0 aromatic carbocycles. The third-order valence-electron chi connectivity index (χ3n) is 6.55. The van der Waals surface area contributed by atoms with Gasteiger partial charge in [-0.25, -0.2) is 14.0 Å². The van der Waals surface area contributed by atoms with E-state index in [4.69, 9.17) is 0 Å². The minimum Gasteiger partial charge on any atom is -0.341 e. The fourth-order valence-electron chi connectivity index (χ4n) is 4.48. The zero-order valence-corrected chi connectivity index (χ0v) is 21.0. The summed E-state index contributed by atoms with van der Waals surface area (Å²) >= 11 is 1.41. The molecule has 0 saturated carbocycles. The minimum atomic E-state index is -3.56. The third-order valence-corrected chi connectivity index (χ3v) is 9.31. The van der Waals surface area contributed by atoms with Crippen molar-refractivity contribution < 1.29 is 13.2 Å². The monoisotopic (exact) mass is 496 g/mol. The summed E-state index contributed by atoms with van der Waals surface area (Å²) in [6.45, 7) is 4.17. The molecule has 0 radical (unpaired) electrons. The van der Waals surface area contributed by atoms with Crippen LogP contribution in [0.15, 0.2) is 22.3 Å². The SMILES string of the molecule is CC1CCN(C(=O)Cn2nc(C3CCCN(S(=O)(=O)N(C)C)C3)n(-c3cccs3)c2=O)CC1. The van der Waals surface area contributed by atoms with Crippen molar-refractivity contribution in [2.45, 2.75) is 45.1 Å². The first kappa shape index (κ1) is 24.1. The second-order valence-electron chi connectivity index (χ2n) is 9.14. The van der Waals surface area contributed by atoms with E-state index in [9.17, 15) is 18.0 Å². The summed E-state index contributed by atoms with van der Waals surface area (Å²) in [4.78, 5) is 28.0. The minimum absolute atomic E-state index is 0.105. The number of hydrogen-bond donors (Lipinski definition) is 0. The average molecular weight is 497 g/mol. The van der Waals surface area contributed by atoms with Crippen molar-refractivity contribution in [3.8, 4) is 5.00 Å². The molecule has 12 heteroatoms. The Morgan fingerprint density at radius 2 is 1.94 bits per heavy atom. The number of thiophene rings is 1. The van der Waals surface area contributed by atoms with Crippen LogP contribution in [0, 0.1) is 5.92 Å². The summed E-state index contributed by atoms with van der Waals surface area (Å²) in [7, 11) is -0.530. The molecular weight excluding hydrogens is 464 g/mol. The van der Waals surface area contributed by atoms with Gasteiger partial charge in [0.2, 0.25) is 5.91 Å². The quantitative estimate of drug-likeness (QED) is 0.601. The Bertz CT molecular complexity index is 1130. The number of piperidine rings is 2. The number of nitrogens with zero attached hydrogens (tertiary/aromatic N) is 6. The van der Waals surface area contributed by atoms with E-state index < -0.39 is 10.2 Å². The van der Waals surface area contributed by atoms with E-state index in [-0.39, 0.29) is 30.6 Å². The molecule has 0 N–H and O–H groups in total. The fourth-order valence-corrected chi connectivity index (χ4v) is 6.40. The smallest absolute Gasteiger partial charge is 0.341 e. The van der Waals surface area contributed by atoms with E-state index in [0.717, 1.165) is 19.3 Å². The third kappa shape index (κ3) is 4.93. The highest BCUT2D eigenvalue weighted by Gasteiger charge is 2.34. The fraction of sp³-hybridized carbons (Fsp3) is 0.667. The standard InChI is InChI=1S/C21H32N6O4S2/c1-16-8-11-24(12-9-16)18(28)15-26-21(29)27(19-7-5-13-32-19)20(22-26)17-6-4-10-25(14-17)33(30,31)23(2)3/h5,7,13,16-17H,4,6,8-12,14-15H2,1-3H3. The molecule has 1 atom stereocenters. The molecule has 2 aromatic rings. The van der Waals surface area contributed by atoms with Crippen LogP contribution < -0.4 is 5.69 Å². The molecule has 33 heavy (non-hydrogen) atoms. The summed E-state index contributed by atoms with van der Waals surface area (Å²) in [5.41, 5.74) is -0.362. The second-order valence-corrected chi connectivity index (χ2v) is 12.2. The average Bonchev–Trinajstić information content (AvgIpc) is 3.42. The van der Waals surface area contributed by atoms with Gasteiger partial charge in [0, 0.05) is 46.2 Å². The number of carbonyl (C=O) groups excluding carboxylic acids is 1. The van der Waals surface area contributed by atoms with Crippen LogP contribution in [-0.2, 0) is 21.5 Å². The first-order chi connectivity index (χ1) is 15.7. The Hall–Kier alpha value is -2.02. The second kappa shape index (κ2) is 9.69. The molecule has 4 heterocycles. The molecule has 2 aliphatic rings. The van der Waals surface area contributed by atoms with E-state index in [0.29, 0.717) is 42.8 Å². The largest absolute Gasteiger partial charge is 0.351 e. The number of aromatic nitrogens is 3. The van der Waals surface area contributed by atoms with Crippen LogP contribution in [0.3, 0.4) is 0 Å². The molecule has 1 unspecified atom stereocenters. The number of likely N-dealkylation sites (tertiary alicyclic amines) is 1. The van der Waals surface area contributed by atoms with Crippen molar-refractivity contribution in [3.63, 3.8) is 0 Å². The first-order valence-corrected chi connectivity index (χ1v) is 13.6. The van der Waals surface area contributed by atoms with Crippen LogP contribution in [0.4, 0.5) is 0 Å². The lowest BCUT2D eigenvalue weighted by molar-refractivity contribution is -0.133. The zero-order chi connectivity index (χ0) is 23.8. The summed E-state index contributed by atoms with van der Waals surface area (Å²) in [5, 5.41) is 7.19. The predicted octanol–water partition coefficient (Wildman–Crippen LogP) is 1.34. The van der Waals surface area contributed by atoms with Crippen molar-refractivity contribution in [1.29, 1.82) is 0 Å². The highest BCUT2D eigenvalue weighted by Crippen LogP contribution is 2.29. The predicted molar refractivity (Wildman–Crippen MR) is 127 cm³/mol. The highest BCUT2D eigenvalue weighted by molar-refractivity contribution is 7.86. The maximum atomic E-state index is 13.3. The Morgan fingerprint density at radius 3 is 2.58 bits per heavy atom. The molecule has 0 bridgehead atoms. The van der Waals surface area contributed by atoms with Crippen molar-refractivity contribution in [3.05, 3.63) is 33.8 Å². The van der Waals surface area contributed by atoms with Gasteiger partial charge < -0.3 is 4.90 Å². The number of rotatable bonds is 6. The van der Waals surface area contributed by atoms with E-state index in [1.165, 1.54) is 38.7 Å². The molecule has 2 aliphatic heterocycles. The van der Waals surface area contributed by atoms with Gasteiger partial charge in [-0.15, -0.1) is 11.3 Å². The van der Waals surface area contributed by atoms with E-state index in [1.54, 1.807) is 4.57 Å². The molecule has 10 nitrogen and oxygen atoms in total. The first-order valence-electron chi connectivity index (χ1n) is 11.4. The van der Waals surface area contributed by atoms with Gasteiger partial charge in [0.05, 0.1) is 0 Å². The van der Waals surface area contributed by atoms with Gasteiger partial charge in [0.1, 0.15) is 17.4 Å². The van der Waals surface area contributed by atoms with Crippen LogP contribution in [0.5, 0.6) is 0 Å². The van der Waals surface area contributed by atoms with E-state index in [2.05, 4.69) is 12.0 Å². The lowest BCUT2D eigenvalue weighted by Crippen LogP contribution is -2.45. The molecule has 2 fully saturated rings. The molecule has 4 rings (SSSR count). The van der Waals surface area contributed by atoms with Gasteiger partial charge in [0.25, 0.3) is 10.2 Å². The zero-order valence-electron chi connectivity index (χ0n) is 19.4. The molecule has 1 amide bonds. The Kier molecular flexibility index (Phi) is 7.08. The molecule has 2 aromatic heterocycles. The van der Waals surface area contributed by atoms with Gasteiger partial charge in [0.15, 0.2) is 0 Å². The topological polar surface area (TPSA) is 101 Å². The molecule has 0 spiro atoms. The van der Waals surface area contributed by atoms with Crippen LogP contribution in [0.1, 0.15) is 44.3 Å². The highest BCUT2D eigenvalue weighted by atomic mass is 32.2. The molecule has 2 saturated heterocycles. The van der Waals surface area contributed by atoms with Gasteiger partial charge in [-0.1, -0.05) is 6.92 Å². The molecule has 182 valence electrons. The van der Waals surface area contributed by atoms with Gasteiger partial charge in [-0.05, 0) is 49.1 Å². The number of carbonyl (C=O) groups is 1. The van der Waals surface area contributed by atoms with E-state index in [1.807, 2.05) is 22.4 Å². The van der Waals surface area contributed by atoms with E-state index >= 15 is 0 Å².